The molecule has 3 N–H and O–H groups in total. The molecule has 0 radical (unpaired) electrons. The van der Waals surface area contributed by atoms with Gasteiger partial charge in [-0.15, -0.1) is 13.2 Å². The Morgan fingerprint density at radius 2 is 1.74 bits per heavy atom. The van der Waals surface area contributed by atoms with E-state index in [4.69, 9.17) is 22.1 Å². The predicted molar refractivity (Wildman–Crippen MR) is 78.8 cm³/mol. The molecule has 0 aliphatic carbocycles. The van der Waals surface area contributed by atoms with Gasteiger partial charge in [0.1, 0.15) is 5.75 Å². The summed E-state index contributed by atoms with van der Waals surface area (Å²) in [5.74, 6) is -0.395. The Labute approximate surface area is 135 Å². The number of nitrogens with two attached hydrogens (primary N) is 1. The Morgan fingerprint density at radius 3 is 2.26 bits per heavy atom. The molecule has 0 saturated heterocycles. The van der Waals surface area contributed by atoms with E-state index in [2.05, 4.69) is 4.74 Å². The largest absolute Gasteiger partial charge is 0.573 e. The molecule has 23 heavy (non-hydrogen) atoms. The quantitative estimate of drug-likeness (QED) is 0.877. The zero-order valence-electron chi connectivity index (χ0n) is 11.9. The average molecular weight is 348 g/mol. The van der Waals surface area contributed by atoms with Crippen molar-refractivity contribution in [2.75, 3.05) is 7.11 Å². The number of phenols is 1. The number of rotatable bonds is 4. The number of methoxy groups -OCH3 is 1. The number of hydrogen-bond donors (Lipinski definition) is 2. The maximum absolute atomic E-state index is 12.1. The monoisotopic (exact) mass is 347 g/mol. The van der Waals surface area contributed by atoms with Gasteiger partial charge in [0.05, 0.1) is 18.2 Å². The van der Waals surface area contributed by atoms with Crippen LogP contribution in [0.25, 0.3) is 0 Å². The van der Waals surface area contributed by atoms with E-state index in [1.165, 1.54) is 43.5 Å². The molecule has 0 aliphatic rings. The van der Waals surface area contributed by atoms with E-state index in [0.717, 1.165) is 0 Å². The Bertz CT molecular complexity index is 690. The highest BCUT2D eigenvalue weighted by molar-refractivity contribution is 6.32. The third-order valence-corrected chi connectivity index (χ3v) is 3.39. The van der Waals surface area contributed by atoms with Crippen molar-refractivity contribution >= 4 is 11.6 Å². The fourth-order valence-electron chi connectivity index (χ4n) is 2.00. The predicted octanol–water partition coefficient (Wildman–Crippen LogP) is 4.00. The molecule has 2 rings (SSSR count). The second kappa shape index (κ2) is 6.55. The lowest BCUT2D eigenvalue weighted by molar-refractivity contribution is -0.274. The third-order valence-electron chi connectivity index (χ3n) is 3.10. The van der Waals surface area contributed by atoms with Crippen LogP contribution in [0.15, 0.2) is 36.4 Å². The van der Waals surface area contributed by atoms with E-state index in [9.17, 15) is 18.3 Å². The van der Waals surface area contributed by atoms with Gasteiger partial charge in [-0.2, -0.15) is 0 Å². The second-order valence-corrected chi connectivity index (χ2v) is 5.06. The minimum absolute atomic E-state index is 0.0619. The van der Waals surface area contributed by atoms with Crippen LogP contribution in [-0.4, -0.2) is 18.6 Å². The highest BCUT2D eigenvalue weighted by atomic mass is 35.5. The van der Waals surface area contributed by atoms with Gasteiger partial charge in [-0.05, 0) is 35.4 Å². The summed E-state index contributed by atoms with van der Waals surface area (Å²) >= 11 is 5.90. The van der Waals surface area contributed by atoms with Gasteiger partial charge in [-0.1, -0.05) is 23.7 Å². The summed E-state index contributed by atoms with van der Waals surface area (Å²) in [5.41, 5.74) is 7.16. The van der Waals surface area contributed by atoms with Crippen LogP contribution < -0.4 is 15.2 Å². The van der Waals surface area contributed by atoms with E-state index >= 15 is 0 Å². The van der Waals surface area contributed by atoms with Gasteiger partial charge < -0.3 is 20.3 Å². The summed E-state index contributed by atoms with van der Waals surface area (Å²) in [4.78, 5) is 0. The summed E-state index contributed by atoms with van der Waals surface area (Å²) in [6, 6.07) is 7.47. The third kappa shape index (κ3) is 4.20. The summed E-state index contributed by atoms with van der Waals surface area (Å²) in [6.07, 6.45) is -4.75. The molecule has 1 atom stereocenters. The number of hydrogen-bond acceptors (Lipinski definition) is 4. The van der Waals surface area contributed by atoms with E-state index in [1.54, 1.807) is 0 Å². The lowest BCUT2D eigenvalue weighted by Gasteiger charge is -2.16. The highest BCUT2D eigenvalue weighted by Gasteiger charge is 2.31. The molecule has 124 valence electrons. The van der Waals surface area contributed by atoms with Crippen LogP contribution >= 0.6 is 11.6 Å². The standard InChI is InChI=1S/C15H13ClF3NO3/c1-22-12-7-9(6-11(16)14(12)21)13(20)8-2-4-10(5-3-8)23-15(17,18)19/h2-7,13,21H,20H2,1H3/t13-/m0/s1. The van der Waals surface area contributed by atoms with Crippen molar-refractivity contribution in [1.82, 2.24) is 0 Å². The Balaban J connectivity index is 2.27. The lowest BCUT2D eigenvalue weighted by Crippen LogP contribution is -2.17. The van der Waals surface area contributed by atoms with Crippen LogP contribution in [-0.2, 0) is 0 Å². The smallest absolute Gasteiger partial charge is 0.503 e. The van der Waals surface area contributed by atoms with Crippen LogP contribution in [0.3, 0.4) is 0 Å². The van der Waals surface area contributed by atoms with Crippen molar-refractivity contribution in [2.24, 2.45) is 5.73 Å². The first kappa shape index (κ1) is 17.2. The first-order chi connectivity index (χ1) is 10.7. The molecule has 0 aliphatic heterocycles. The van der Waals surface area contributed by atoms with Crippen LogP contribution in [0, 0.1) is 0 Å². The van der Waals surface area contributed by atoms with Gasteiger partial charge in [0.15, 0.2) is 11.5 Å². The molecule has 4 nitrogen and oxygen atoms in total. The maximum Gasteiger partial charge on any atom is 0.573 e. The van der Waals surface area contributed by atoms with Gasteiger partial charge in [-0.3, -0.25) is 0 Å². The molecule has 0 spiro atoms. The van der Waals surface area contributed by atoms with Crippen molar-refractivity contribution in [1.29, 1.82) is 0 Å². The lowest BCUT2D eigenvalue weighted by atomic mass is 9.99. The minimum Gasteiger partial charge on any atom is -0.503 e. The Hall–Kier alpha value is -2.12. The number of alkyl halides is 3. The molecule has 0 amide bonds. The first-order valence-corrected chi connectivity index (χ1v) is 6.76. The van der Waals surface area contributed by atoms with Crippen LogP contribution in [0.4, 0.5) is 13.2 Å². The van der Waals surface area contributed by atoms with Gasteiger partial charge in [0.2, 0.25) is 0 Å². The number of benzene rings is 2. The van der Waals surface area contributed by atoms with Crippen LogP contribution in [0.2, 0.25) is 5.02 Å². The van der Waals surface area contributed by atoms with Gasteiger partial charge in [0, 0.05) is 0 Å². The van der Waals surface area contributed by atoms with Crippen molar-refractivity contribution in [3.8, 4) is 17.2 Å². The van der Waals surface area contributed by atoms with E-state index in [1.807, 2.05) is 0 Å². The Kier molecular flexibility index (Phi) is 4.91. The van der Waals surface area contributed by atoms with Gasteiger partial charge in [-0.25, -0.2) is 0 Å². The molecule has 2 aromatic carbocycles. The molecule has 0 saturated carbocycles. The van der Waals surface area contributed by atoms with Crippen molar-refractivity contribution < 1.29 is 27.8 Å². The normalized spacial score (nSPS) is 12.8. The van der Waals surface area contributed by atoms with Crippen molar-refractivity contribution in [3.05, 3.63) is 52.5 Å². The van der Waals surface area contributed by atoms with Gasteiger partial charge in [0.25, 0.3) is 0 Å². The molecule has 0 heterocycles. The van der Waals surface area contributed by atoms with Gasteiger partial charge >= 0.3 is 6.36 Å². The molecular weight excluding hydrogens is 335 g/mol. The molecule has 0 fully saturated rings. The summed E-state index contributed by atoms with van der Waals surface area (Å²) in [6.45, 7) is 0. The number of aromatic hydroxyl groups is 1. The van der Waals surface area contributed by atoms with Crippen molar-refractivity contribution in [2.45, 2.75) is 12.4 Å². The zero-order valence-corrected chi connectivity index (χ0v) is 12.7. The van der Waals surface area contributed by atoms with E-state index in [0.29, 0.717) is 11.1 Å². The number of phenolic OH excluding ortho intramolecular Hbond substituents is 1. The molecular formula is C15H13ClF3NO3. The second-order valence-electron chi connectivity index (χ2n) is 4.65. The van der Waals surface area contributed by atoms with E-state index in [-0.39, 0.29) is 22.3 Å². The highest BCUT2D eigenvalue weighted by Crippen LogP contribution is 2.37. The fourth-order valence-corrected chi connectivity index (χ4v) is 2.22. The van der Waals surface area contributed by atoms with Crippen molar-refractivity contribution in [3.63, 3.8) is 0 Å². The maximum atomic E-state index is 12.1. The topological polar surface area (TPSA) is 64.7 Å². The summed E-state index contributed by atoms with van der Waals surface area (Å²) in [5, 5.41) is 9.76. The SMILES string of the molecule is COc1cc([C@@H](N)c2ccc(OC(F)(F)F)cc2)cc(Cl)c1O. The number of halogens is 4. The van der Waals surface area contributed by atoms with Crippen LogP contribution in [0.5, 0.6) is 17.2 Å². The molecule has 0 aromatic heterocycles. The molecule has 0 unspecified atom stereocenters. The zero-order chi connectivity index (χ0) is 17.2. The molecule has 8 heteroatoms. The molecule has 0 bridgehead atoms. The minimum atomic E-state index is -4.75. The summed E-state index contributed by atoms with van der Waals surface area (Å²) in [7, 11) is 1.37. The summed E-state index contributed by atoms with van der Waals surface area (Å²) < 4.78 is 45.2. The average Bonchev–Trinajstić information content (AvgIpc) is 2.48. The van der Waals surface area contributed by atoms with E-state index < -0.39 is 12.4 Å². The van der Waals surface area contributed by atoms with Crippen LogP contribution in [0.1, 0.15) is 17.2 Å². The molecule has 2 aromatic rings. The Morgan fingerprint density at radius 1 is 1.13 bits per heavy atom. The first-order valence-electron chi connectivity index (χ1n) is 6.39. The fraction of sp³-hybridized carbons (Fsp3) is 0.200. The number of ether oxygens (including phenoxy) is 2.